The fourth-order valence-electron chi connectivity index (χ4n) is 2.32. The van der Waals surface area contributed by atoms with E-state index in [1.54, 1.807) is 26.0 Å². The van der Waals surface area contributed by atoms with Crippen molar-refractivity contribution < 1.29 is 13.2 Å². The highest BCUT2D eigenvalue weighted by atomic mass is 19.4. The molecule has 0 spiro atoms. The molecular weight excluding hydrogens is 265 g/mol. The molecule has 2 nitrogen and oxygen atoms in total. The molecule has 0 N–H and O–H groups in total. The van der Waals surface area contributed by atoms with Crippen molar-refractivity contribution in [2.24, 2.45) is 0 Å². The van der Waals surface area contributed by atoms with Gasteiger partial charge < -0.3 is 0 Å². The van der Waals surface area contributed by atoms with Crippen LogP contribution >= 0.6 is 0 Å². The third-order valence-electron chi connectivity index (χ3n) is 3.22. The average molecular weight is 282 g/mol. The second kappa shape index (κ2) is 4.96. The normalized spacial score (nSPS) is 12.2. The first-order chi connectivity index (χ1) is 9.20. The fourth-order valence-corrected chi connectivity index (χ4v) is 2.32. The van der Waals surface area contributed by atoms with Gasteiger partial charge >= 0.3 is 6.18 Å². The Balaban J connectivity index is 2.61. The van der Waals surface area contributed by atoms with E-state index in [0.29, 0.717) is 11.3 Å². The summed E-state index contributed by atoms with van der Waals surface area (Å²) in [4.78, 5) is 0. The van der Waals surface area contributed by atoms with E-state index in [9.17, 15) is 13.2 Å². The van der Waals surface area contributed by atoms with Gasteiger partial charge in [-0.25, -0.2) is 4.68 Å². The molecule has 1 aromatic carbocycles. The molecule has 0 bridgehead atoms. The number of hydrogen-bond acceptors (Lipinski definition) is 1. The molecule has 0 aliphatic rings. The molecule has 0 radical (unpaired) electrons. The van der Waals surface area contributed by atoms with Crippen LogP contribution in [0.3, 0.4) is 0 Å². The van der Waals surface area contributed by atoms with Gasteiger partial charge in [0.15, 0.2) is 0 Å². The summed E-state index contributed by atoms with van der Waals surface area (Å²) in [5.41, 5.74) is 1.75. The van der Waals surface area contributed by atoms with Crippen LogP contribution in [0.25, 0.3) is 5.69 Å². The highest BCUT2D eigenvalue weighted by Gasteiger charge is 2.34. The molecule has 0 saturated heterocycles. The highest BCUT2D eigenvalue weighted by molar-refractivity contribution is 5.44. The Morgan fingerprint density at radius 3 is 2.20 bits per heavy atom. The number of aryl methyl sites for hydroxylation is 2. The van der Waals surface area contributed by atoms with Crippen LogP contribution < -0.4 is 0 Å². The van der Waals surface area contributed by atoms with E-state index in [0.717, 1.165) is 11.4 Å². The number of benzene rings is 1. The predicted molar refractivity (Wildman–Crippen MR) is 72.1 cm³/mol. The second-order valence-electron chi connectivity index (χ2n) is 5.26. The lowest BCUT2D eigenvalue weighted by Crippen LogP contribution is -2.12. The minimum Gasteiger partial charge on any atom is -0.238 e. The summed E-state index contributed by atoms with van der Waals surface area (Å²) < 4.78 is 41.1. The van der Waals surface area contributed by atoms with Crippen molar-refractivity contribution in [1.82, 2.24) is 9.78 Å². The average Bonchev–Trinajstić information content (AvgIpc) is 2.66. The van der Waals surface area contributed by atoms with Crippen molar-refractivity contribution in [1.29, 1.82) is 0 Å². The number of rotatable bonds is 2. The maximum Gasteiger partial charge on any atom is 0.416 e. The molecule has 20 heavy (non-hydrogen) atoms. The zero-order chi connectivity index (χ0) is 15.1. The maximum atomic E-state index is 13.2. The van der Waals surface area contributed by atoms with Gasteiger partial charge in [0.2, 0.25) is 0 Å². The molecule has 5 heteroatoms. The summed E-state index contributed by atoms with van der Waals surface area (Å²) in [6.45, 7) is 7.15. The first kappa shape index (κ1) is 14.6. The molecule has 0 atom stereocenters. The van der Waals surface area contributed by atoms with Crippen LogP contribution in [0, 0.1) is 13.8 Å². The zero-order valence-corrected chi connectivity index (χ0v) is 11.9. The Bertz CT molecular complexity index is 625. The monoisotopic (exact) mass is 282 g/mol. The van der Waals surface area contributed by atoms with Crippen molar-refractivity contribution in [3.63, 3.8) is 0 Å². The van der Waals surface area contributed by atoms with Crippen molar-refractivity contribution in [2.45, 2.75) is 39.8 Å². The predicted octanol–water partition coefficient (Wildman–Crippen LogP) is 4.63. The van der Waals surface area contributed by atoms with Crippen LogP contribution in [0.2, 0.25) is 0 Å². The minimum atomic E-state index is -4.36. The topological polar surface area (TPSA) is 17.8 Å². The van der Waals surface area contributed by atoms with E-state index in [2.05, 4.69) is 5.10 Å². The second-order valence-corrected chi connectivity index (χ2v) is 5.26. The van der Waals surface area contributed by atoms with Gasteiger partial charge in [-0.15, -0.1) is 0 Å². The Morgan fingerprint density at radius 2 is 1.75 bits per heavy atom. The molecule has 0 fully saturated rings. The molecule has 108 valence electrons. The summed E-state index contributed by atoms with van der Waals surface area (Å²) in [6, 6.07) is 6.24. The van der Waals surface area contributed by atoms with Gasteiger partial charge in [0.1, 0.15) is 0 Å². The van der Waals surface area contributed by atoms with Crippen LogP contribution in [0.1, 0.15) is 42.3 Å². The Labute approximate surface area is 116 Å². The van der Waals surface area contributed by atoms with E-state index < -0.39 is 11.7 Å². The largest absolute Gasteiger partial charge is 0.416 e. The van der Waals surface area contributed by atoms with E-state index >= 15 is 0 Å². The van der Waals surface area contributed by atoms with Gasteiger partial charge in [-0.1, -0.05) is 19.9 Å². The number of hydrogen-bond donors (Lipinski definition) is 0. The first-order valence-electron chi connectivity index (χ1n) is 6.45. The quantitative estimate of drug-likeness (QED) is 0.785. The van der Waals surface area contributed by atoms with Crippen LogP contribution in [0.15, 0.2) is 24.3 Å². The number of alkyl halides is 3. The van der Waals surface area contributed by atoms with E-state index in [4.69, 9.17) is 0 Å². The lowest BCUT2D eigenvalue weighted by atomic mass is 9.96. The van der Waals surface area contributed by atoms with Crippen molar-refractivity contribution in [2.75, 3.05) is 0 Å². The lowest BCUT2D eigenvalue weighted by molar-refractivity contribution is -0.138. The van der Waals surface area contributed by atoms with E-state index in [1.165, 1.54) is 10.7 Å². The number of nitrogens with zero attached hydrogens (tertiary/aromatic N) is 2. The van der Waals surface area contributed by atoms with Gasteiger partial charge in [0.05, 0.1) is 16.9 Å². The van der Waals surface area contributed by atoms with Crippen molar-refractivity contribution in [3.05, 3.63) is 46.8 Å². The van der Waals surface area contributed by atoms with Gasteiger partial charge in [0.25, 0.3) is 0 Å². The number of aromatic nitrogens is 2. The maximum absolute atomic E-state index is 13.2. The summed E-state index contributed by atoms with van der Waals surface area (Å²) in [7, 11) is 0. The molecule has 0 saturated carbocycles. The van der Waals surface area contributed by atoms with Crippen LogP contribution in [-0.4, -0.2) is 9.78 Å². The van der Waals surface area contributed by atoms with Crippen LogP contribution in [-0.2, 0) is 6.18 Å². The molecule has 0 aliphatic heterocycles. The number of halogens is 3. The molecule has 2 aromatic rings. The van der Waals surface area contributed by atoms with Crippen LogP contribution in [0.4, 0.5) is 13.2 Å². The molecule has 1 heterocycles. The SMILES string of the molecule is Cc1cc(C)n(-c2ccc(C(C)C)c(C(F)(F)F)c2)n1. The van der Waals surface area contributed by atoms with E-state index in [1.807, 2.05) is 19.9 Å². The van der Waals surface area contributed by atoms with Gasteiger partial charge in [-0.05, 0) is 43.5 Å². The summed E-state index contributed by atoms with van der Waals surface area (Å²) >= 11 is 0. The van der Waals surface area contributed by atoms with Gasteiger partial charge in [0, 0.05) is 5.69 Å². The third-order valence-corrected chi connectivity index (χ3v) is 3.22. The first-order valence-corrected chi connectivity index (χ1v) is 6.45. The van der Waals surface area contributed by atoms with E-state index in [-0.39, 0.29) is 5.92 Å². The minimum absolute atomic E-state index is 0.180. The molecular formula is C15H17F3N2. The zero-order valence-electron chi connectivity index (χ0n) is 11.9. The Hall–Kier alpha value is -1.78. The Morgan fingerprint density at radius 1 is 1.10 bits per heavy atom. The van der Waals surface area contributed by atoms with Crippen molar-refractivity contribution in [3.8, 4) is 5.69 Å². The Kier molecular flexibility index (Phi) is 3.63. The molecule has 0 aliphatic carbocycles. The van der Waals surface area contributed by atoms with Crippen molar-refractivity contribution >= 4 is 0 Å². The van der Waals surface area contributed by atoms with Gasteiger partial charge in [-0.2, -0.15) is 18.3 Å². The molecule has 2 rings (SSSR count). The van der Waals surface area contributed by atoms with Crippen LogP contribution in [0.5, 0.6) is 0 Å². The third kappa shape index (κ3) is 2.71. The molecule has 1 aromatic heterocycles. The summed E-state index contributed by atoms with van der Waals surface area (Å²) in [5.74, 6) is -0.180. The highest BCUT2D eigenvalue weighted by Crippen LogP contribution is 2.36. The summed E-state index contributed by atoms with van der Waals surface area (Å²) in [5, 5.41) is 4.23. The smallest absolute Gasteiger partial charge is 0.238 e. The standard InChI is InChI=1S/C15H17F3N2/c1-9(2)13-6-5-12(8-14(13)15(16,17)18)20-11(4)7-10(3)19-20/h5-9H,1-4H3. The molecule has 0 unspecified atom stereocenters. The van der Waals surface area contributed by atoms with Gasteiger partial charge in [-0.3, -0.25) is 0 Å². The molecule has 0 amide bonds. The summed E-state index contributed by atoms with van der Waals surface area (Å²) in [6.07, 6.45) is -4.36. The lowest BCUT2D eigenvalue weighted by Gasteiger charge is -2.17. The fraction of sp³-hybridized carbons (Fsp3) is 0.400.